The van der Waals surface area contributed by atoms with Gasteiger partial charge in [0.1, 0.15) is 5.04 Å². The first-order valence-electron chi connectivity index (χ1n) is 2.40. The molecule has 0 N–H and O–H groups in total. The number of allylic oxidation sites excluding steroid dienone is 1. The van der Waals surface area contributed by atoms with Crippen LogP contribution in [0.3, 0.4) is 0 Å². The average Bonchev–Trinajstić information content (AvgIpc) is 1.89. The fourth-order valence-corrected chi connectivity index (χ4v) is 1.65. The van der Waals surface area contributed by atoms with E-state index in [9.17, 15) is 0 Å². The minimum absolute atomic E-state index is 0.808. The molecular weight excluding hydrogens is 170 g/mol. The van der Waals surface area contributed by atoms with Gasteiger partial charge in [0.25, 0.3) is 0 Å². The third kappa shape index (κ3) is 1.81. The molecule has 0 spiro atoms. The highest BCUT2D eigenvalue weighted by molar-refractivity contribution is 8.75. The van der Waals surface area contributed by atoms with Crippen molar-refractivity contribution in [3.8, 4) is 0 Å². The third-order valence-corrected chi connectivity index (χ3v) is 2.39. The molecule has 0 atom stereocenters. The minimum atomic E-state index is 0.808. The SMILES string of the molecule is [S]SC1=NC=CCC1=S. The van der Waals surface area contributed by atoms with Gasteiger partial charge in [0.2, 0.25) is 0 Å². The van der Waals surface area contributed by atoms with Crippen molar-refractivity contribution in [2.75, 3.05) is 0 Å². The Bertz CT molecular complexity index is 183. The van der Waals surface area contributed by atoms with E-state index >= 15 is 0 Å². The Kier molecular flexibility index (Phi) is 2.75. The summed E-state index contributed by atoms with van der Waals surface area (Å²) in [7, 11) is 1.19. The zero-order chi connectivity index (χ0) is 6.69. The van der Waals surface area contributed by atoms with Crippen molar-refractivity contribution in [3.63, 3.8) is 0 Å². The van der Waals surface area contributed by atoms with Gasteiger partial charge in [-0.1, -0.05) is 18.3 Å². The molecule has 47 valence electrons. The van der Waals surface area contributed by atoms with Gasteiger partial charge >= 0.3 is 0 Å². The first-order chi connectivity index (χ1) is 4.34. The molecule has 0 saturated carbocycles. The molecule has 0 saturated heterocycles. The number of hydrogen-bond donors (Lipinski definition) is 0. The summed E-state index contributed by atoms with van der Waals surface area (Å²) < 4.78 is 0. The van der Waals surface area contributed by atoms with E-state index in [2.05, 4.69) is 4.99 Å². The van der Waals surface area contributed by atoms with Crippen LogP contribution in [-0.4, -0.2) is 9.91 Å². The molecule has 0 unspecified atom stereocenters. The number of hydrogen-bond acceptors (Lipinski definition) is 3. The van der Waals surface area contributed by atoms with Crippen molar-refractivity contribution in [2.45, 2.75) is 6.42 Å². The smallest absolute Gasteiger partial charge is 0.122 e. The fourth-order valence-electron chi connectivity index (χ4n) is 0.507. The van der Waals surface area contributed by atoms with Gasteiger partial charge in [-0.3, -0.25) is 0 Å². The van der Waals surface area contributed by atoms with Crippen LogP contribution in [-0.2, 0) is 0 Å². The molecule has 1 aliphatic heterocycles. The largest absolute Gasteiger partial charge is 0.248 e. The van der Waals surface area contributed by atoms with Crippen molar-refractivity contribution in [1.82, 2.24) is 0 Å². The Morgan fingerprint density at radius 3 is 2.89 bits per heavy atom. The first kappa shape index (κ1) is 7.31. The quantitative estimate of drug-likeness (QED) is 0.413. The maximum atomic E-state index is 4.96. The molecule has 1 nitrogen and oxygen atoms in total. The summed E-state index contributed by atoms with van der Waals surface area (Å²) in [5, 5.41) is 0.808. The van der Waals surface area contributed by atoms with Gasteiger partial charge in [0.05, 0.1) is 4.86 Å². The van der Waals surface area contributed by atoms with E-state index in [-0.39, 0.29) is 0 Å². The predicted molar refractivity (Wildman–Crippen MR) is 49.0 cm³/mol. The molecule has 1 aliphatic rings. The van der Waals surface area contributed by atoms with Crippen molar-refractivity contribution in [3.05, 3.63) is 12.3 Å². The topological polar surface area (TPSA) is 12.4 Å². The molecule has 0 bridgehead atoms. The molecule has 0 aromatic carbocycles. The summed E-state index contributed by atoms with van der Waals surface area (Å²) in [5.74, 6) is 0. The summed E-state index contributed by atoms with van der Waals surface area (Å²) in [6, 6.07) is 0. The zero-order valence-corrected chi connectivity index (χ0v) is 6.98. The van der Waals surface area contributed by atoms with Gasteiger partial charge in [-0.15, -0.1) is 0 Å². The highest BCUT2D eigenvalue weighted by Gasteiger charge is 2.06. The molecule has 0 aromatic heterocycles. The summed E-state index contributed by atoms with van der Waals surface area (Å²) in [6.45, 7) is 0. The standard InChI is InChI=1S/C5H4NS3/c7-4-2-1-3-6-5(4)9-8/h1,3H,2H2. The van der Waals surface area contributed by atoms with Gasteiger partial charge in [-0.05, 0) is 22.5 Å². The normalized spacial score (nSPS) is 17.9. The van der Waals surface area contributed by atoms with Crippen LogP contribution < -0.4 is 0 Å². The Hall–Kier alpha value is 0.200. The number of rotatable bonds is 0. The molecule has 9 heavy (non-hydrogen) atoms. The number of aliphatic imine (C=N–C) groups is 1. The van der Waals surface area contributed by atoms with Gasteiger partial charge in [0, 0.05) is 12.6 Å². The molecular formula is C5H4NS3. The van der Waals surface area contributed by atoms with Gasteiger partial charge < -0.3 is 0 Å². The maximum absolute atomic E-state index is 4.96. The predicted octanol–water partition coefficient (Wildman–Crippen LogP) is 2.52. The van der Waals surface area contributed by atoms with Crippen LogP contribution in [0.1, 0.15) is 6.42 Å². The van der Waals surface area contributed by atoms with Gasteiger partial charge in [-0.25, -0.2) is 4.99 Å². The van der Waals surface area contributed by atoms with Gasteiger partial charge in [0.15, 0.2) is 0 Å². The average molecular weight is 174 g/mol. The molecule has 0 aromatic rings. The monoisotopic (exact) mass is 174 g/mol. The van der Waals surface area contributed by atoms with E-state index < -0.39 is 0 Å². The van der Waals surface area contributed by atoms with E-state index in [0.29, 0.717) is 0 Å². The lowest BCUT2D eigenvalue weighted by Crippen LogP contribution is -2.06. The molecule has 4 heteroatoms. The third-order valence-electron chi connectivity index (χ3n) is 0.918. The van der Waals surface area contributed by atoms with Crippen LogP contribution in [0.25, 0.3) is 0 Å². The van der Waals surface area contributed by atoms with Crippen molar-refractivity contribution in [1.29, 1.82) is 0 Å². The van der Waals surface area contributed by atoms with Crippen LogP contribution in [0.4, 0.5) is 0 Å². The first-order valence-corrected chi connectivity index (χ1v) is 4.55. The number of nitrogens with zero attached hydrogens (tertiary/aromatic N) is 1. The van der Waals surface area contributed by atoms with Crippen molar-refractivity contribution >= 4 is 44.6 Å². The number of thiocarbonyl (C=S) groups is 1. The lowest BCUT2D eigenvalue weighted by Gasteiger charge is -2.02. The van der Waals surface area contributed by atoms with E-state index in [4.69, 9.17) is 23.9 Å². The second-order valence-electron chi connectivity index (χ2n) is 1.53. The highest BCUT2D eigenvalue weighted by atomic mass is 33.1. The lowest BCUT2D eigenvalue weighted by molar-refractivity contribution is 1.43. The van der Waals surface area contributed by atoms with Crippen LogP contribution in [0.5, 0.6) is 0 Å². The van der Waals surface area contributed by atoms with Crippen molar-refractivity contribution < 1.29 is 0 Å². The Labute approximate surface area is 68.4 Å². The second kappa shape index (κ2) is 3.39. The van der Waals surface area contributed by atoms with E-state index in [0.717, 1.165) is 16.3 Å². The van der Waals surface area contributed by atoms with Crippen LogP contribution in [0.2, 0.25) is 0 Å². The summed E-state index contributed by atoms with van der Waals surface area (Å²) in [4.78, 5) is 4.84. The summed E-state index contributed by atoms with van der Waals surface area (Å²) >= 11 is 9.67. The molecule has 0 aliphatic carbocycles. The van der Waals surface area contributed by atoms with Crippen LogP contribution in [0.15, 0.2) is 17.3 Å². The summed E-state index contributed by atoms with van der Waals surface area (Å²) in [6.07, 6.45) is 4.49. The van der Waals surface area contributed by atoms with Crippen molar-refractivity contribution in [2.24, 2.45) is 4.99 Å². The van der Waals surface area contributed by atoms with Crippen LogP contribution >= 0.6 is 34.7 Å². The molecule has 1 rings (SSSR count). The minimum Gasteiger partial charge on any atom is -0.248 e. The Balaban J connectivity index is 2.74. The van der Waals surface area contributed by atoms with Gasteiger partial charge in [-0.2, -0.15) is 0 Å². The molecule has 1 heterocycles. The summed E-state index contributed by atoms with van der Waals surface area (Å²) in [5.41, 5.74) is 0. The lowest BCUT2D eigenvalue weighted by atomic mass is 10.3. The maximum Gasteiger partial charge on any atom is 0.122 e. The van der Waals surface area contributed by atoms with Crippen LogP contribution in [0, 0.1) is 0 Å². The van der Waals surface area contributed by atoms with E-state index in [1.165, 1.54) is 10.8 Å². The highest BCUT2D eigenvalue weighted by Crippen LogP contribution is 2.15. The molecule has 0 amide bonds. The zero-order valence-electron chi connectivity index (χ0n) is 4.53. The Morgan fingerprint density at radius 2 is 2.44 bits per heavy atom. The molecule has 0 fully saturated rings. The Morgan fingerprint density at radius 1 is 1.67 bits per heavy atom. The van der Waals surface area contributed by atoms with E-state index in [1.807, 2.05) is 6.08 Å². The second-order valence-corrected chi connectivity index (χ2v) is 3.08. The van der Waals surface area contributed by atoms with E-state index in [1.54, 1.807) is 6.20 Å². The fraction of sp³-hybridized carbons (Fsp3) is 0.200. The molecule has 1 radical (unpaired) electrons.